The van der Waals surface area contributed by atoms with Crippen molar-refractivity contribution in [1.82, 2.24) is 4.90 Å². The van der Waals surface area contributed by atoms with E-state index in [0.29, 0.717) is 32.1 Å². The third-order valence-corrected chi connectivity index (χ3v) is 2.93. The molecule has 2 heterocycles. The van der Waals surface area contributed by atoms with Crippen LogP contribution in [0.1, 0.15) is 12.2 Å². The van der Waals surface area contributed by atoms with Gasteiger partial charge in [-0.05, 0) is 6.92 Å². The largest absolute Gasteiger partial charge is 0.486 e. The Morgan fingerprint density at radius 3 is 2.84 bits per heavy atom. The fraction of sp³-hybridized carbons (Fsp3) is 0.538. The summed E-state index contributed by atoms with van der Waals surface area (Å²) in [7, 11) is 0. The van der Waals surface area contributed by atoms with E-state index in [1.807, 2.05) is 0 Å². The summed E-state index contributed by atoms with van der Waals surface area (Å²) in [6.45, 7) is 4.21. The van der Waals surface area contributed by atoms with Gasteiger partial charge in [-0.3, -0.25) is 9.59 Å². The van der Waals surface area contributed by atoms with Crippen LogP contribution in [-0.2, 0) is 9.53 Å². The van der Waals surface area contributed by atoms with Crippen LogP contribution in [0.3, 0.4) is 0 Å². The van der Waals surface area contributed by atoms with Gasteiger partial charge >= 0.3 is 0 Å². The number of ether oxygens (including phenoxy) is 2. The van der Waals surface area contributed by atoms with E-state index in [2.05, 4.69) is 0 Å². The van der Waals surface area contributed by atoms with Crippen LogP contribution >= 0.6 is 0 Å². The smallest absolute Gasteiger partial charge is 0.226 e. The van der Waals surface area contributed by atoms with Crippen molar-refractivity contribution >= 4 is 5.91 Å². The van der Waals surface area contributed by atoms with Crippen LogP contribution < -0.4 is 10.2 Å². The van der Waals surface area contributed by atoms with Gasteiger partial charge in [0.15, 0.2) is 0 Å². The zero-order valence-corrected chi connectivity index (χ0v) is 10.9. The maximum absolute atomic E-state index is 11.8. The second-order valence-corrected chi connectivity index (χ2v) is 4.26. The highest BCUT2D eigenvalue weighted by Crippen LogP contribution is 2.11. The monoisotopic (exact) mass is 267 g/mol. The van der Waals surface area contributed by atoms with Crippen molar-refractivity contribution in [3.05, 3.63) is 28.3 Å². The first-order valence-corrected chi connectivity index (χ1v) is 6.25. The zero-order valence-electron chi connectivity index (χ0n) is 10.9. The lowest BCUT2D eigenvalue weighted by Crippen LogP contribution is -2.41. The van der Waals surface area contributed by atoms with E-state index in [9.17, 15) is 9.59 Å². The molecule has 1 aliphatic heterocycles. The van der Waals surface area contributed by atoms with Crippen LogP contribution in [0.2, 0.25) is 0 Å². The fourth-order valence-corrected chi connectivity index (χ4v) is 1.88. The van der Waals surface area contributed by atoms with Gasteiger partial charge in [0, 0.05) is 19.2 Å². The van der Waals surface area contributed by atoms with E-state index in [4.69, 9.17) is 13.9 Å². The summed E-state index contributed by atoms with van der Waals surface area (Å²) < 4.78 is 15.6. The molecule has 104 valence electrons. The maximum atomic E-state index is 11.8. The average Bonchev–Trinajstić information content (AvgIpc) is 2.43. The van der Waals surface area contributed by atoms with Gasteiger partial charge in [-0.15, -0.1) is 0 Å². The van der Waals surface area contributed by atoms with Crippen LogP contribution in [-0.4, -0.2) is 43.7 Å². The SMILES string of the molecule is Cc1occc(=O)c1OCCC(=O)N1CCOCC1. The Kier molecular flexibility index (Phi) is 4.57. The van der Waals surface area contributed by atoms with Gasteiger partial charge in [0.1, 0.15) is 5.76 Å². The van der Waals surface area contributed by atoms with Gasteiger partial charge in [0.05, 0.1) is 32.5 Å². The Bertz CT molecular complexity index is 490. The van der Waals surface area contributed by atoms with Crippen molar-refractivity contribution in [2.45, 2.75) is 13.3 Å². The Balaban J connectivity index is 1.83. The van der Waals surface area contributed by atoms with E-state index < -0.39 is 0 Å². The minimum Gasteiger partial charge on any atom is -0.486 e. The highest BCUT2D eigenvalue weighted by molar-refractivity contribution is 5.76. The molecule has 0 bridgehead atoms. The molecule has 0 spiro atoms. The highest BCUT2D eigenvalue weighted by atomic mass is 16.5. The quantitative estimate of drug-likeness (QED) is 0.798. The number of morpholine rings is 1. The van der Waals surface area contributed by atoms with Crippen molar-refractivity contribution in [3.8, 4) is 5.75 Å². The van der Waals surface area contributed by atoms with Gasteiger partial charge in [0.2, 0.25) is 17.1 Å². The second-order valence-electron chi connectivity index (χ2n) is 4.26. The van der Waals surface area contributed by atoms with E-state index in [0.717, 1.165) is 0 Å². The molecule has 2 rings (SSSR count). The molecule has 0 unspecified atom stereocenters. The molecule has 0 radical (unpaired) electrons. The van der Waals surface area contributed by atoms with Crippen molar-refractivity contribution in [2.75, 3.05) is 32.9 Å². The van der Waals surface area contributed by atoms with Gasteiger partial charge in [0.25, 0.3) is 0 Å². The summed E-state index contributed by atoms with van der Waals surface area (Å²) in [5.74, 6) is 0.616. The summed E-state index contributed by atoms with van der Waals surface area (Å²) in [6, 6.07) is 1.30. The minimum absolute atomic E-state index is 0.0151. The standard InChI is InChI=1S/C13H17NO5/c1-10-13(11(15)2-6-18-10)19-7-3-12(16)14-4-8-17-9-5-14/h2,6H,3-5,7-9H2,1H3. The predicted octanol–water partition coefficient (Wildman–Crippen LogP) is 0.576. The molecule has 1 amide bonds. The summed E-state index contributed by atoms with van der Waals surface area (Å²) in [5, 5.41) is 0. The number of carbonyl (C=O) groups excluding carboxylic acids is 1. The lowest BCUT2D eigenvalue weighted by atomic mass is 10.3. The molecule has 1 aliphatic rings. The third kappa shape index (κ3) is 3.57. The number of hydrogen-bond acceptors (Lipinski definition) is 5. The normalized spacial score (nSPS) is 15.3. The lowest BCUT2D eigenvalue weighted by molar-refractivity contribution is -0.135. The van der Waals surface area contributed by atoms with Crippen LogP contribution in [0.5, 0.6) is 5.75 Å². The average molecular weight is 267 g/mol. The van der Waals surface area contributed by atoms with Crippen LogP contribution in [0.15, 0.2) is 21.5 Å². The van der Waals surface area contributed by atoms with Crippen molar-refractivity contribution in [3.63, 3.8) is 0 Å². The molecule has 6 heteroatoms. The van der Waals surface area contributed by atoms with Crippen molar-refractivity contribution in [2.24, 2.45) is 0 Å². The van der Waals surface area contributed by atoms with Crippen molar-refractivity contribution in [1.29, 1.82) is 0 Å². The number of nitrogens with zero attached hydrogens (tertiary/aromatic N) is 1. The van der Waals surface area contributed by atoms with Crippen LogP contribution in [0.25, 0.3) is 0 Å². The number of aryl methyl sites for hydroxylation is 1. The van der Waals surface area contributed by atoms with Crippen LogP contribution in [0, 0.1) is 6.92 Å². The molecule has 0 N–H and O–H groups in total. The Morgan fingerprint density at radius 1 is 1.42 bits per heavy atom. The van der Waals surface area contributed by atoms with Gasteiger partial charge in [-0.25, -0.2) is 0 Å². The van der Waals surface area contributed by atoms with Crippen molar-refractivity contribution < 1.29 is 18.7 Å². The molecule has 0 saturated carbocycles. The number of carbonyl (C=O) groups is 1. The Labute approximate surface area is 110 Å². The predicted molar refractivity (Wildman–Crippen MR) is 67.2 cm³/mol. The van der Waals surface area contributed by atoms with E-state index in [1.165, 1.54) is 12.3 Å². The molecular weight excluding hydrogens is 250 g/mol. The summed E-state index contributed by atoms with van der Waals surface area (Å²) in [4.78, 5) is 25.1. The fourth-order valence-electron chi connectivity index (χ4n) is 1.88. The summed E-state index contributed by atoms with van der Waals surface area (Å²) in [6.07, 6.45) is 1.57. The molecular formula is C13H17NO5. The van der Waals surface area contributed by atoms with E-state index >= 15 is 0 Å². The number of rotatable bonds is 4. The highest BCUT2D eigenvalue weighted by Gasteiger charge is 2.17. The first kappa shape index (κ1) is 13.6. The first-order valence-electron chi connectivity index (χ1n) is 6.25. The Morgan fingerprint density at radius 2 is 2.16 bits per heavy atom. The Hall–Kier alpha value is -1.82. The lowest BCUT2D eigenvalue weighted by Gasteiger charge is -2.26. The topological polar surface area (TPSA) is 69.0 Å². The molecule has 1 saturated heterocycles. The maximum Gasteiger partial charge on any atom is 0.226 e. The second kappa shape index (κ2) is 6.38. The minimum atomic E-state index is -0.234. The molecule has 1 fully saturated rings. The molecule has 6 nitrogen and oxygen atoms in total. The third-order valence-electron chi connectivity index (χ3n) is 2.93. The first-order chi connectivity index (χ1) is 9.18. The summed E-state index contributed by atoms with van der Waals surface area (Å²) >= 11 is 0. The molecule has 1 aromatic rings. The number of hydrogen-bond donors (Lipinski definition) is 0. The molecule has 0 aliphatic carbocycles. The van der Waals surface area contributed by atoms with Gasteiger partial charge in [-0.2, -0.15) is 0 Å². The summed E-state index contributed by atoms with van der Waals surface area (Å²) in [5.41, 5.74) is -0.234. The zero-order chi connectivity index (χ0) is 13.7. The molecule has 19 heavy (non-hydrogen) atoms. The van der Waals surface area contributed by atoms with Gasteiger partial charge < -0.3 is 18.8 Å². The number of amides is 1. The van der Waals surface area contributed by atoms with E-state index in [-0.39, 0.29) is 30.1 Å². The molecule has 1 aromatic heterocycles. The molecule has 0 aromatic carbocycles. The van der Waals surface area contributed by atoms with Crippen LogP contribution in [0.4, 0.5) is 0 Å². The van der Waals surface area contributed by atoms with Gasteiger partial charge in [-0.1, -0.05) is 0 Å². The van der Waals surface area contributed by atoms with E-state index in [1.54, 1.807) is 11.8 Å². The molecule has 0 atom stereocenters.